The van der Waals surface area contributed by atoms with Gasteiger partial charge in [-0.25, -0.2) is 13.1 Å². The molecule has 2 aromatic carbocycles. The van der Waals surface area contributed by atoms with Gasteiger partial charge in [0, 0.05) is 24.2 Å². The zero-order chi connectivity index (χ0) is 22.0. The molecule has 1 amide bonds. The summed E-state index contributed by atoms with van der Waals surface area (Å²) < 4.78 is 28.5. The topological polar surface area (TPSA) is 101 Å². The minimum absolute atomic E-state index is 0.149. The van der Waals surface area contributed by atoms with Crippen LogP contribution in [0.3, 0.4) is 0 Å². The molecule has 0 saturated carbocycles. The molecular formula is C22H24N4O4S. The van der Waals surface area contributed by atoms with E-state index in [1.807, 2.05) is 6.07 Å². The van der Waals surface area contributed by atoms with E-state index >= 15 is 0 Å². The summed E-state index contributed by atoms with van der Waals surface area (Å²) in [5, 5.41) is 7.98. The van der Waals surface area contributed by atoms with Crippen LogP contribution in [0.1, 0.15) is 24.8 Å². The molecule has 1 aliphatic heterocycles. The normalized spacial score (nSPS) is 15.1. The Morgan fingerprint density at radius 2 is 1.84 bits per heavy atom. The molecule has 0 spiro atoms. The summed E-state index contributed by atoms with van der Waals surface area (Å²) in [6.07, 6.45) is 4.27. The molecule has 1 saturated heterocycles. The molecule has 9 heteroatoms. The van der Waals surface area contributed by atoms with Crippen molar-refractivity contribution < 1.29 is 13.2 Å². The third-order valence-electron chi connectivity index (χ3n) is 5.49. The van der Waals surface area contributed by atoms with E-state index < -0.39 is 15.9 Å². The van der Waals surface area contributed by atoms with Crippen molar-refractivity contribution in [2.45, 2.75) is 37.6 Å². The molecule has 0 radical (unpaired) electrons. The molecule has 1 N–H and O–H groups in total. The highest BCUT2D eigenvalue weighted by molar-refractivity contribution is 7.89. The molecular weight excluding hydrogens is 416 g/mol. The second-order valence-corrected chi connectivity index (χ2v) is 9.62. The number of aryl methyl sites for hydroxylation is 1. The van der Waals surface area contributed by atoms with Crippen LogP contribution in [0.2, 0.25) is 0 Å². The molecule has 1 aromatic heterocycles. The number of piperidine rings is 1. The number of carbonyl (C=O) groups is 1. The fourth-order valence-corrected chi connectivity index (χ4v) is 5.26. The summed E-state index contributed by atoms with van der Waals surface area (Å²) in [6, 6.07) is 11.8. The summed E-state index contributed by atoms with van der Waals surface area (Å²) in [6.45, 7) is 2.53. The lowest BCUT2D eigenvalue weighted by atomic mass is 10.2. The van der Waals surface area contributed by atoms with Crippen molar-refractivity contribution in [3.8, 4) is 0 Å². The summed E-state index contributed by atoms with van der Waals surface area (Å²) >= 11 is 0. The molecule has 4 rings (SSSR count). The second-order valence-electron chi connectivity index (χ2n) is 7.68. The van der Waals surface area contributed by atoms with E-state index in [2.05, 4.69) is 10.4 Å². The summed E-state index contributed by atoms with van der Waals surface area (Å²) in [7, 11) is -3.61. The van der Waals surface area contributed by atoms with E-state index in [0.29, 0.717) is 29.5 Å². The van der Waals surface area contributed by atoms with E-state index in [9.17, 15) is 18.0 Å². The van der Waals surface area contributed by atoms with Crippen LogP contribution in [0.5, 0.6) is 0 Å². The third-order valence-corrected chi connectivity index (χ3v) is 7.39. The van der Waals surface area contributed by atoms with Gasteiger partial charge in [-0.1, -0.05) is 30.7 Å². The lowest BCUT2D eigenvalue weighted by Gasteiger charge is -2.26. The van der Waals surface area contributed by atoms with Gasteiger partial charge >= 0.3 is 0 Å². The van der Waals surface area contributed by atoms with Gasteiger partial charge in [0.05, 0.1) is 16.5 Å². The molecule has 0 aliphatic carbocycles. The van der Waals surface area contributed by atoms with Crippen LogP contribution in [0.25, 0.3) is 10.8 Å². The maximum atomic E-state index is 13.0. The Morgan fingerprint density at radius 3 is 2.61 bits per heavy atom. The SMILES string of the molecule is Cc1ccc(S(=O)(=O)N2CCCCC2)cc1NC(=O)Cn1ncc2ccccc2c1=O. The average molecular weight is 441 g/mol. The third kappa shape index (κ3) is 4.38. The Labute approximate surface area is 180 Å². The summed E-state index contributed by atoms with van der Waals surface area (Å²) in [5.74, 6) is -0.458. The maximum absolute atomic E-state index is 13.0. The van der Waals surface area contributed by atoms with Crippen molar-refractivity contribution in [3.63, 3.8) is 0 Å². The standard InChI is InChI=1S/C22H24N4O4S/c1-16-9-10-18(31(29,30)25-11-5-2-6-12-25)13-20(16)24-21(27)15-26-22(28)19-8-4-3-7-17(19)14-23-26/h3-4,7-10,13-14H,2,5-6,11-12,15H2,1H3,(H,24,27). The first-order chi connectivity index (χ1) is 14.9. The van der Waals surface area contributed by atoms with E-state index in [1.54, 1.807) is 43.5 Å². The quantitative estimate of drug-likeness (QED) is 0.657. The number of benzene rings is 2. The van der Waals surface area contributed by atoms with Crippen LogP contribution in [0, 0.1) is 6.92 Å². The van der Waals surface area contributed by atoms with E-state index in [-0.39, 0.29) is 17.0 Å². The summed E-state index contributed by atoms with van der Waals surface area (Å²) in [5.41, 5.74) is 0.771. The first kappa shape index (κ1) is 21.2. The molecule has 162 valence electrons. The second kappa shape index (κ2) is 8.60. The fraction of sp³-hybridized carbons (Fsp3) is 0.318. The van der Waals surface area contributed by atoms with Crippen LogP contribution >= 0.6 is 0 Å². The number of nitrogens with one attached hydrogen (secondary N) is 1. The minimum Gasteiger partial charge on any atom is -0.324 e. The molecule has 3 aromatic rings. The Hall–Kier alpha value is -3.04. The zero-order valence-corrected chi connectivity index (χ0v) is 18.1. The molecule has 0 atom stereocenters. The molecule has 31 heavy (non-hydrogen) atoms. The number of rotatable bonds is 5. The lowest BCUT2D eigenvalue weighted by Crippen LogP contribution is -2.35. The lowest BCUT2D eigenvalue weighted by molar-refractivity contribution is -0.117. The van der Waals surface area contributed by atoms with Gasteiger partial charge in [-0.3, -0.25) is 9.59 Å². The Kier molecular flexibility index (Phi) is 5.88. The number of fused-ring (bicyclic) bond motifs is 1. The number of hydrogen-bond acceptors (Lipinski definition) is 5. The molecule has 0 unspecified atom stereocenters. The minimum atomic E-state index is -3.61. The van der Waals surface area contributed by atoms with Crippen molar-refractivity contribution in [1.29, 1.82) is 0 Å². The predicted octanol–water partition coefficient (Wildman–Crippen LogP) is 2.52. The first-order valence-corrected chi connectivity index (χ1v) is 11.7. The number of amides is 1. The van der Waals surface area contributed by atoms with Crippen LogP contribution in [-0.2, 0) is 21.4 Å². The predicted molar refractivity (Wildman–Crippen MR) is 118 cm³/mol. The van der Waals surface area contributed by atoms with Crippen molar-refractivity contribution in [2.75, 3.05) is 18.4 Å². The average Bonchev–Trinajstić information content (AvgIpc) is 2.78. The van der Waals surface area contributed by atoms with E-state index in [4.69, 9.17) is 0 Å². The molecule has 1 aliphatic rings. The van der Waals surface area contributed by atoms with Crippen LogP contribution in [0.15, 0.2) is 58.4 Å². The van der Waals surface area contributed by atoms with Crippen molar-refractivity contribution >= 4 is 32.4 Å². The first-order valence-electron chi connectivity index (χ1n) is 10.2. The largest absolute Gasteiger partial charge is 0.324 e. The van der Waals surface area contributed by atoms with Gasteiger partial charge in [0.2, 0.25) is 15.9 Å². The van der Waals surface area contributed by atoms with Gasteiger partial charge in [-0.05, 0) is 43.5 Å². The van der Waals surface area contributed by atoms with Crippen LogP contribution in [-0.4, -0.2) is 41.5 Å². The van der Waals surface area contributed by atoms with Crippen molar-refractivity contribution in [2.24, 2.45) is 0 Å². The van der Waals surface area contributed by atoms with Crippen molar-refractivity contribution in [1.82, 2.24) is 14.1 Å². The summed E-state index contributed by atoms with van der Waals surface area (Å²) in [4.78, 5) is 25.3. The smallest absolute Gasteiger partial charge is 0.275 e. The molecule has 2 heterocycles. The number of carbonyl (C=O) groups excluding carboxylic acids is 1. The maximum Gasteiger partial charge on any atom is 0.275 e. The van der Waals surface area contributed by atoms with E-state index in [0.717, 1.165) is 29.5 Å². The number of aromatic nitrogens is 2. The van der Waals surface area contributed by atoms with Crippen molar-refractivity contribution in [3.05, 3.63) is 64.6 Å². The van der Waals surface area contributed by atoms with Gasteiger partial charge < -0.3 is 5.32 Å². The number of nitrogens with zero attached hydrogens (tertiary/aromatic N) is 3. The van der Waals surface area contributed by atoms with Gasteiger partial charge in [0.25, 0.3) is 5.56 Å². The van der Waals surface area contributed by atoms with Gasteiger partial charge in [0.1, 0.15) is 6.54 Å². The molecule has 0 bridgehead atoms. The fourth-order valence-electron chi connectivity index (χ4n) is 3.72. The van der Waals surface area contributed by atoms with E-state index in [1.165, 1.54) is 10.4 Å². The highest BCUT2D eigenvalue weighted by Gasteiger charge is 2.26. The highest BCUT2D eigenvalue weighted by atomic mass is 32.2. The molecule has 8 nitrogen and oxygen atoms in total. The number of sulfonamides is 1. The zero-order valence-electron chi connectivity index (χ0n) is 17.2. The van der Waals surface area contributed by atoms with Gasteiger partial charge in [0.15, 0.2) is 0 Å². The van der Waals surface area contributed by atoms with Gasteiger partial charge in [-0.2, -0.15) is 9.40 Å². The van der Waals surface area contributed by atoms with Crippen LogP contribution in [0.4, 0.5) is 5.69 Å². The Balaban J connectivity index is 1.55. The highest BCUT2D eigenvalue weighted by Crippen LogP contribution is 2.25. The Morgan fingerprint density at radius 1 is 1.10 bits per heavy atom. The number of hydrogen-bond donors (Lipinski definition) is 1. The molecule has 1 fully saturated rings. The van der Waals surface area contributed by atoms with Gasteiger partial charge in [-0.15, -0.1) is 0 Å². The monoisotopic (exact) mass is 440 g/mol. The van der Waals surface area contributed by atoms with Crippen LogP contribution < -0.4 is 10.9 Å². The number of anilines is 1. The Bertz CT molecular complexity index is 1290.